The molecule has 4 N–H and O–H groups in total. The van der Waals surface area contributed by atoms with Gasteiger partial charge in [0.05, 0.1) is 6.61 Å². The quantitative estimate of drug-likeness (QED) is 0.492. The largest absolute Gasteiger partial charge is 0.504 e. The minimum Gasteiger partial charge on any atom is -0.504 e. The second-order valence-corrected chi connectivity index (χ2v) is 2.51. The minimum atomic E-state index is -0.479. The fourth-order valence-electron chi connectivity index (χ4n) is 0.843. The molecule has 0 saturated carbocycles. The Balaban J connectivity index is 2.71. The summed E-state index contributed by atoms with van der Waals surface area (Å²) in [7, 11) is 0. The van der Waals surface area contributed by atoms with Crippen molar-refractivity contribution in [3.8, 4) is 5.75 Å². The summed E-state index contributed by atoms with van der Waals surface area (Å²) in [5.41, 5.74) is 0.389. The number of nitrogens with one attached hydrogen (secondary N) is 2. The van der Waals surface area contributed by atoms with E-state index in [1.54, 1.807) is 6.92 Å². The van der Waals surface area contributed by atoms with Crippen LogP contribution in [0.2, 0.25) is 0 Å². The Kier molecular flexibility index (Phi) is 2.86. The Labute approximate surface area is 74.6 Å². The third-order valence-corrected chi connectivity index (χ3v) is 1.54. The van der Waals surface area contributed by atoms with E-state index in [1.807, 2.05) is 0 Å². The maximum absolute atomic E-state index is 11.2. The standard InChI is InChI=1S/C7H11N3O3/c1-4-6(12)5(10-9-4)7(13)8-2-3-11/h11-12H,2-3H2,1H3,(H,8,13)(H,9,10). The summed E-state index contributed by atoms with van der Waals surface area (Å²) in [6, 6.07) is 0. The Bertz CT molecular complexity index is 308. The smallest absolute Gasteiger partial charge is 0.273 e. The van der Waals surface area contributed by atoms with Gasteiger partial charge in [-0.1, -0.05) is 0 Å². The average Bonchev–Trinajstić information content (AvgIpc) is 2.44. The summed E-state index contributed by atoms with van der Waals surface area (Å²) in [4.78, 5) is 11.2. The second-order valence-electron chi connectivity index (χ2n) is 2.51. The Morgan fingerprint density at radius 3 is 2.85 bits per heavy atom. The zero-order valence-corrected chi connectivity index (χ0v) is 7.16. The van der Waals surface area contributed by atoms with Gasteiger partial charge in [-0.05, 0) is 6.92 Å². The van der Waals surface area contributed by atoms with Crippen LogP contribution in [0.3, 0.4) is 0 Å². The van der Waals surface area contributed by atoms with Gasteiger partial charge in [0.25, 0.3) is 5.91 Å². The lowest BCUT2D eigenvalue weighted by atomic mass is 10.3. The van der Waals surface area contributed by atoms with Crippen LogP contribution in [-0.2, 0) is 0 Å². The van der Waals surface area contributed by atoms with E-state index in [9.17, 15) is 9.90 Å². The number of aromatic nitrogens is 2. The topological polar surface area (TPSA) is 98.2 Å². The molecule has 13 heavy (non-hydrogen) atoms. The van der Waals surface area contributed by atoms with Gasteiger partial charge < -0.3 is 15.5 Å². The van der Waals surface area contributed by atoms with Crippen molar-refractivity contribution in [2.24, 2.45) is 0 Å². The molecule has 0 atom stereocenters. The van der Waals surface area contributed by atoms with Gasteiger partial charge in [0.2, 0.25) is 0 Å². The van der Waals surface area contributed by atoms with Crippen molar-refractivity contribution >= 4 is 5.91 Å². The summed E-state index contributed by atoms with van der Waals surface area (Å²) in [6.45, 7) is 1.59. The summed E-state index contributed by atoms with van der Waals surface area (Å²) < 4.78 is 0. The molecular formula is C7H11N3O3. The lowest BCUT2D eigenvalue weighted by Gasteiger charge is -1.99. The molecule has 1 rings (SSSR count). The number of aromatic hydroxyl groups is 1. The van der Waals surface area contributed by atoms with Gasteiger partial charge in [-0.3, -0.25) is 9.89 Å². The van der Waals surface area contributed by atoms with Crippen LogP contribution in [0, 0.1) is 6.92 Å². The fraction of sp³-hybridized carbons (Fsp3) is 0.429. The monoisotopic (exact) mass is 185 g/mol. The fourth-order valence-corrected chi connectivity index (χ4v) is 0.843. The number of aliphatic hydroxyl groups excluding tert-OH is 1. The van der Waals surface area contributed by atoms with Crippen LogP contribution >= 0.6 is 0 Å². The first-order valence-corrected chi connectivity index (χ1v) is 3.79. The molecule has 1 heterocycles. The molecule has 0 saturated heterocycles. The van der Waals surface area contributed by atoms with E-state index in [1.165, 1.54) is 0 Å². The minimum absolute atomic E-state index is 0.0194. The number of carbonyl (C=O) groups excluding carboxylic acids is 1. The van der Waals surface area contributed by atoms with E-state index >= 15 is 0 Å². The Morgan fingerprint density at radius 1 is 1.69 bits per heavy atom. The number of H-pyrrole nitrogens is 1. The number of aryl methyl sites for hydroxylation is 1. The Morgan fingerprint density at radius 2 is 2.38 bits per heavy atom. The highest BCUT2D eigenvalue weighted by atomic mass is 16.3. The lowest BCUT2D eigenvalue weighted by Crippen LogP contribution is -2.26. The van der Waals surface area contributed by atoms with Crippen molar-refractivity contribution in [3.05, 3.63) is 11.4 Å². The molecule has 1 amide bonds. The van der Waals surface area contributed by atoms with Crippen LogP contribution in [0.25, 0.3) is 0 Å². The van der Waals surface area contributed by atoms with Crippen molar-refractivity contribution in [1.82, 2.24) is 15.5 Å². The third kappa shape index (κ3) is 1.97. The maximum Gasteiger partial charge on any atom is 0.273 e. The lowest BCUT2D eigenvalue weighted by molar-refractivity contribution is 0.0937. The summed E-state index contributed by atoms with van der Waals surface area (Å²) in [5, 5.41) is 26.1. The van der Waals surface area contributed by atoms with Crippen LogP contribution < -0.4 is 5.32 Å². The van der Waals surface area contributed by atoms with E-state index in [2.05, 4.69) is 15.5 Å². The predicted octanol–water partition coefficient (Wildman–Crippen LogP) is -0.854. The first-order valence-electron chi connectivity index (χ1n) is 3.79. The van der Waals surface area contributed by atoms with Gasteiger partial charge in [0.1, 0.15) is 5.69 Å². The first kappa shape index (κ1) is 9.53. The van der Waals surface area contributed by atoms with Crippen LogP contribution in [0.5, 0.6) is 5.75 Å². The van der Waals surface area contributed by atoms with E-state index in [0.29, 0.717) is 5.69 Å². The molecule has 6 heteroatoms. The van der Waals surface area contributed by atoms with Gasteiger partial charge in [-0.25, -0.2) is 0 Å². The van der Waals surface area contributed by atoms with Gasteiger partial charge in [-0.2, -0.15) is 5.10 Å². The van der Waals surface area contributed by atoms with Gasteiger partial charge in [-0.15, -0.1) is 0 Å². The van der Waals surface area contributed by atoms with Crippen molar-refractivity contribution < 1.29 is 15.0 Å². The molecule has 0 spiro atoms. The molecule has 0 unspecified atom stereocenters. The summed E-state index contributed by atoms with van der Waals surface area (Å²) >= 11 is 0. The summed E-state index contributed by atoms with van der Waals surface area (Å²) in [6.07, 6.45) is 0. The maximum atomic E-state index is 11.2. The number of nitrogens with zero attached hydrogens (tertiary/aromatic N) is 1. The highest BCUT2D eigenvalue weighted by Crippen LogP contribution is 2.17. The van der Waals surface area contributed by atoms with Crippen molar-refractivity contribution in [3.63, 3.8) is 0 Å². The zero-order valence-electron chi connectivity index (χ0n) is 7.16. The number of aliphatic hydroxyl groups is 1. The molecule has 6 nitrogen and oxygen atoms in total. The van der Waals surface area contributed by atoms with Crippen LogP contribution in [0.4, 0.5) is 0 Å². The first-order chi connectivity index (χ1) is 6.16. The number of amides is 1. The average molecular weight is 185 g/mol. The molecule has 72 valence electrons. The van der Waals surface area contributed by atoms with Gasteiger partial charge >= 0.3 is 0 Å². The number of aromatic amines is 1. The molecule has 0 bridgehead atoms. The van der Waals surface area contributed by atoms with Gasteiger partial charge in [0, 0.05) is 6.54 Å². The molecule has 0 aromatic carbocycles. The highest BCUT2D eigenvalue weighted by molar-refractivity contribution is 5.95. The molecule has 0 fully saturated rings. The third-order valence-electron chi connectivity index (χ3n) is 1.54. The zero-order chi connectivity index (χ0) is 9.84. The van der Waals surface area contributed by atoms with Crippen molar-refractivity contribution in [1.29, 1.82) is 0 Å². The van der Waals surface area contributed by atoms with E-state index in [4.69, 9.17) is 5.11 Å². The Hall–Kier alpha value is -1.56. The summed E-state index contributed by atoms with van der Waals surface area (Å²) in [5.74, 6) is -0.636. The van der Waals surface area contributed by atoms with Crippen molar-refractivity contribution in [2.75, 3.05) is 13.2 Å². The number of hydrogen-bond acceptors (Lipinski definition) is 4. The molecule has 0 aliphatic carbocycles. The normalized spacial score (nSPS) is 10.0. The van der Waals surface area contributed by atoms with Crippen molar-refractivity contribution in [2.45, 2.75) is 6.92 Å². The predicted molar refractivity (Wildman–Crippen MR) is 44.4 cm³/mol. The van der Waals surface area contributed by atoms with Crippen LogP contribution in [0.1, 0.15) is 16.2 Å². The van der Waals surface area contributed by atoms with Gasteiger partial charge in [0.15, 0.2) is 11.4 Å². The second kappa shape index (κ2) is 3.90. The number of carbonyl (C=O) groups is 1. The number of rotatable bonds is 3. The van der Waals surface area contributed by atoms with E-state index in [-0.39, 0.29) is 24.6 Å². The molecule has 0 aliphatic heterocycles. The number of hydrogen-bond donors (Lipinski definition) is 4. The molecule has 0 radical (unpaired) electrons. The van der Waals surface area contributed by atoms with E-state index < -0.39 is 5.91 Å². The molecule has 1 aromatic rings. The molecule has 0 aliphatic rings. The molecule has 1 aromatic heterocycles. The van der Waals surface area contributed by atoms with E-state index in [0.717, 1.165) is 0 Å². The SMILES string of the molecule is Cc1n[nH]c(C(=O)NCCO)c1O. The highest BCUT2D eigenvalue weighted by Gasteiger charge is 2.15. The molecular weight excluding hydrogens is 174 g/mol. The van der Waals surface area contributed by atoms with Crippen LogP contribution in [0.15, 0.2) is 0 Å². The van der Waals surface area contributed by atoms with Crippen LogP contribution in [-0.4, -0.2) is 39.5 Å².